The summed E-state index contributed by atoms with van der Waals surface area (Å²) in [5, 5.41) is 19.0. The molecule has 2 nitrogen and oxygen atoms in total. The van der Waals surface area contributed by atoms with Crippen molar-refractivity contribution >= 4 is 35.9 Å². The molecule has 0 aliphatic heterocycles. The van der Waals surface area contributed by atoms with E-state index in [9.17, 15) is 0 Å². The van der Waals surface area contributed by atoms with E-state index in [1.54, 1.807) is 11.4 Å². The Labute approximate surface area is 62.7 Å². The van der Waals surface area contributed by atoms with Gasteiger partial charge in [-0.2, -0.15) is 11.3 Å². The van der Waals surface area contributed by atoms with Gasteiger partial charge >= 0.3 is 7.12 Å². The summed E-state index contributed by atoms with van der Waals surface area (Å²) >= 11 is 5.26. The van der Waals surface area contributed by atoms with E-state index in [-0.39, 0.29) is 0 Å². The fraction of sp³-hybridized carbons (Fsp3) is 0. The predicted octanol–water partition coefficient (Wildman–Crippen LogP) is -0.283. The molecule has 0 spiro atoms. The second-order valence-corrected chi connectivity index (χ2v) is 2.97. The molecule has 0 aliphatic carbocycles. The molecule has 0 radical (unpaired) electrons. The van der Waals surface area contributed by atoms with E-state index in [1.165, 1.54) is 11.3 Å². The van der Waals surface area contributed by atoms with Crippen LogP contribution in [0.1, 0.15) is 0 Å². The van der Waals surface area contributed by atoms with Crippen molar-refractivity contribution in [2.45, 2.75) is 4.90 Å². The van der Waals surface area contributed by atoms with Crippen molar-refractivity contribution in [3.8, 4) is 0 Å². The summed E-state index contributed by atoms with van der Waals surface area (Å²) < 4.78 is 0.498. The third-order valence-electron chi connectivity index (χ3n) is 0.908. The fourth-order valence-corrected chi connectivity index (χ4v) is 1.62. The molecule has 0 saturated heterocycles. The van der Waals surface area contributed by atoms with Gasteiger partial charge in [0.25, 0.3) is 0 Å². The molecule has 0 aromatic carbocycles. The van der Waals surface area contributed by atoms with Crippen LogP contribution < -0.4 is 4.78 Å². The number of rotatable bonds is 1. The van der Waals surface area contributed by atoms with Crippen LogP contribution in [0.15, 0.2) is 16.3 Å². The Morgan fingerprint density at radius 1 is 1.56 bits per heavy atom. The molecule has 0 atom stereocenters. The van der Waals surface area contributed by atoms with Crippen LogP contribution in [-0.2, 0) is 0 Å². The summed E-state index contributed by atoms with van der Waals surface area (Å²) in [4.78, 5) is 0.634. The monoisotopic (exact) mass is 160 g/mol. The van der Waals surface area contributed by atoms with Crippen molar-refractivity contribution in [3.63, 3.8) is 0 Å². The second-order valence-electron chi connectivity index (χ2n) is 1.54. The maximum absolute atomic E-state index is 8.61. The molecule has 0 amide bonds. The first kappa shape index (κ1) is 7.15. The molecular weight excluding hydrogens is 155 g/mol. The van der Waals surface area contributed by atoms with E-state index >= 15 is 0 Å². The minimum absolute atomic E-state index is 0.498. The van der Waals surface area contributed by atoms with Crippen LogP contribution in [0.4, 0.5) is 0 Å². The lowest BCUT2D eigenvalue weighted by Gasteiger charge is -1.92. The van der Waals surface area contributed by atoms with Crippen molar-refractivity contribution < 1.29 is 10.0 Å². The first-order valence-corrected chi connectivity index (χ1v) is 3.67. The summed E-state index contributed by atoms with van der Waals surface area (Å²) in [6, 6.07) is 1.72. The van der Waals surface area contributed by atoms with Crippen molar-refractivity contribution in [2.75, 3.05) is 0 Å². The minimum atomic E-state index is -1.38. The Balaban J connectivity index is 2.94. The highest BCUT2D eigenvalue weighted by atomic mass is 32.1. The van der Waals surface area contributed by atoms with Crippen LogP contribution >= 0.6 is 24.0 Å². The van der Waals surface area contributed by atoms with Crippen molar-refractivity contribution in [1.82, 2.24) is 0 Å². The Morgan fingerprint density at radius 3 is 2.44 bits per heavy atom. The highest BCUT2D eigenvalue weighted by Crippen LogP contribution is 2.07. The highest BCUT2D eigenvalue weighted by Gasteiger charge is 2.14. The zero-order valence-corrected chi connectivity index (χ0v) is 6.19. The Kier molecular flexibility index (Phi) is 2.18. The molecular formula is C4H5BO2S2. The zero-order valence-electron chi connectivity index (χ0n) is 4.48. The lowest BCUT2D eigenvalue weighted by molar-refractivity contribution is 0.426. The van der Waals surface area contributed by atoms with Gasteiger partial charge in [-0.05, 0) is 11.4 Å². The van der Waals surface area contributed by atoms with Crippen LogP contribution in [0.3, 0.4) is 0 Å². The fourth-order valence-electron chi connectivity index (χ4n) is 0.507. The topological polar surface area (TPSA) is 40.5 Å². The molecule has 0 saturated carbocycles. The number of hydrogen-bond acceptors (Lipinski definition) is 4. The zero-order chi connectivity index (χ0) is 6.85. The average Bonchev–Trinajstić information content (AvgIpc) is 2.13. The minimum Gasteiger partial charge on any atom is -0.423 e. The van der Waals surface area contributed by atoms with Gasteiger partial charge in [0, 0.05) is 9.67 Å². The van der Waals surface area contributed by atoms with Gasteiger partial charge in [-0.15, -0.1) is 12.6 Å². The molecule has 1 aromatic rings. The number of hydrogen-bond donors (Lipinski definition) is 3. The third kappa shape index (κ3) is 1.49. The van der Waals surface area contributed by atoms with E-state index in [1.807, 2.05) is 0 Å². The van der Waals surface area contributed by atoms with Crippen LogP contribution in [0.2, 0.25) is 0 Å². The molecule has 0 unspecified atom stereocenters. The maximum Gasteiger partial charge on any atom is 0.500 e. The lowest BCUT2D eigenvalue weighted by atomic mass is 9.90. The first-order valence-electron chi connectivity index (χ1n) is 2.34. The third-order valence-corrected chi connectivity index (χ3v) is 2.41. The largest absolute Gasteiger partial charge is 0.500 e. The van der Waals surface area contributed by atoms with Gasteiger partial charge in [-0.3, -0.25) is 0 Å². The summed E-state index contributed by atoms with van der Waals surface area (Å²) in [6.45, 7) is 0. The van der Waals surface area contributed by atoms with Gasteiger partial charge in [-0.25, -0.2) is 0 Å². The molecule has 0 bridgehead atoms. The molecule has 1 aromatic heterocycles. The van der Waals surface area contributed by atoms with E-state index < -0.39 is 7.12 Å². The van der Waals surface area contributed by atoms with Gasteiger partial charge < -0.3 is 10.0 Å². The van der Waals surface area contributed by atoms with Crippen molar-refractivity contribution in [2.24, 2.45) is 0 Å². The van der Waals surface area contributed by atoms with Gasteiger partial charge in [0.05, 0.1) is 0 Å². The number of thiol groups is 1. The molecule has 9 heavy (non-hydrogen) atoms. The molecule has 5 heteroatoms. The molecule has 1 heterocycles. The SMILES string of the molecule is OB(O)c1sccc1S. The normalized spacial score (nSPS) is 9.67. The molecule has 0 aliphatic rings. The van der Waals surface area contributed by atoms with Crippen molar-refractivity contribution in [1.29, 1.82) is 0 Å². The molecule has 48 valence electrons. The van der Waals surface area contributed by atoms with E-state index in [4.69, 9.17) is 10.0 Å². The summed E-state index contributed by atoms with van der Waals surface area (Å²) in [5.41, 5.74) is 0. The molecule has 1 rings (SSSR count). The summed E-state index contributed by atoms with van der Waals surface area (Å²) in [6.07, 6.45) is 0. The smallest absolute Gasteiger partial charge is 0.423 e. The summed E-state index contributed by atoms with van der Waals surface area (Å²) in [7, 11) is -1.38. The molecule has 2 N–H and O–H groups in total. The van der Waals surface area contributed by atoms with E-state index in [0.717, 1.165) is 0 Å². The summed E-state index contributed by atoms with van der Waals surface area (Å²) in [5.74, 6) is 0. The maximum atomic E-state index is 8.61. The van der Waals surface area contributed by atoms with Crippen LogP contribution in [0.25, 0.3) is 0 Å². The van der Waals surface area contributed by atoms with Gasteiger partial charge in [0.2, 0.25) is 0 Å². The Morgan fingerprint density at radius 2 is 2.22 bits per heavy atom. The van der Waals surface area contributed by atoms with Gasteiger partial charge in [-0.1, -0.05) is 0 Å². The van der Waals surface area contributed by atoms with Gasteiger partial charge in [0.1, 0.15) is 0 Å². The Hall–Kier alpha value is 0.0349. The standard InChI is InChI=1S/C4H5BO2S2/c6-5(7)4-3(8)1-2-9-4/h1-2,6-8H. The quantitative estimate of drug-likeness (QED) is 0.390. The van der Waals surface area contributed by atoms with E-state index in [0.29, 0.717) is 9.67 Å². The van der Waals surface area contributed by atoms with E-state index in [2.05, 4.69) is 12.6 Å². The predicted molar refractivity (Wildman–Crippen MR) is 41.4 cm³/mol. The first-order chi connectivity index (χ1) is 4.22. The lowest BCUT2D eigenvalue weighted by Crippen LogP contribution is -2.27. The van der Waals surface area contributed by atoms with Crippen LogP contribution in [0.5, 0.6) is 0 Å². The average molecular weight is 160 g/mol. The van der Waals surface area contributed by atoms with Crippen LogP contribution in [0, 0.1) is 0 Å². The molecule has 0 fully saturated rings. The highest BCUT2D eigenvalue weighted by molar-refractivity contribution is 7.80. The Bertz CT molecular complexity index is 198. The van der Waals surface area contributed by atoms with Gasteiger partial charge in [0.15, 0.2) is 0 Å². The van der Waals surface area contributed by atoms with Crippen LogP contribution in [-0.4, -0.2) is 17.2 Å². The van der Waals surface area contributed by atoms with Crippen molar-refractivity contribution in [3.05, 3.63) is 11.4 Å². The number of thiophene rings is 1. The second kappa shape index (κ2) is 2.75.